The molecule has 0 fully saturated rings. The minimum absolute atomic E-state index is 0.274. The van der Waals surface area contributed by atoms with Crippen molar-refractivity contribution in [1.29, 1.82) is 0 Å². The first-order chi connectivity index (χ1) is 9.38. The summed E-state index contributed by atoms with van der Waals surface area (Å²) in [7, 11) is 0. The van der Waals surface area contributed by atoms with Gasteiger partial charge in [0.05, 0.1) is 10.9 Å². The van der Waals surface area contributed by atoms with Crippen LogP contribution in [0.5, 0.6) is 0 Å². The number of alkyl halides is 4. The molecule has 0 saturated heterocycles. The van der Waals surface area contributed by atoms with Crippen LogP contribution >= 0.6 is 27.5 Å². The highest BCUT2D eigenvalue weighted by Crippen LogP contribution is 2.34. The smallest absolute Gasteiger partial charge is 0.166 e. The third kappa shape index (κ3) is 3.76. The van der Waals surface area contributed by atoms with Gasteiger partial charge in [0, 0.05) is 4.47 Å². The van der Waals surface area contributed by atoms with Crippen molar-refractivity contribution >= 4 is 27.5 Å². The summed E-state index contributed by atoms with van der Waals surface area (Å²) < 4.78 is 38.2. The van der Waals surface area contributed by atoms with Crippen LogP contribution < -0.4 is 0 Å². The molecule has 1 unspecified atom stereocenters. The van der Waals surface area contributed by atoms with Crippen molar-refractivity contribution in [3.63, 3.8) is 0 Å². The van der Waals surface area contributed by atoms with Gasteiger partial charge in [0.1, 0.15) is 0 Å². The molecule has 0 radical (unpaired) electrons. The van der Waals surface area contributed by atoms with Crippen LogP contribution in [-0.2, 0) is 12.6 Å². The SMILES string of the molecule is FC(F)(F)c1ccc(CC(Cl)c2ccccc2)c(Br)c1. The van der Waals surface area contributed by atoms with Gasteiger partial charge in [-0.3, -0.25) is 0 Å². The summed E-state index contributed by atoms with van der Waals surface area (Å²) in [6.45, 7) is 0. The Morgan fingerprint density at radius 3 is 2.25 bits per heavy atom. The lowest BCUT2D eigenvalue weighted by Gasteiger charge is -2.13. The van der Waals surface area contributed by atoms with E-state index < -0.39 is 11.7 Å². The number of benzene rings is 2. The van der Waals surface area contributed by atoms with E-state index in [0.29, 0.717) is 10.9 Å². The van der Waals surface area contributed by atoms with E-state index in [1.54, 1.807) is 0 Å². The number of rotatable bonds is 3. The summed E-state index contributed by atoms with van der Waals surface area (Å²) in [5.41, 5.74) is 1.03. The molecular formula is C15H11BrClF3. The maximum absolute atomic E-state index is 12.6. The Balaban J connectivity index is 2.18. The lowest BCUT2D eigenvalue weighted by atomic mass is 10.0. The van der Waals surface area contributed by atoms with Crippen molar-refractivity contribution in [2.75, 3.05) is 0 Å². The van der Waals surface area contributed by atoms with Crippen LogP contribution in [0.2, 0.25) is 0 Å². The summed E-state index contributed by atoms with van der Waals surface area (Å²) in [4.78, 5) is 0. The Bertz CT molecular complexity index is 581. The first-order valence-electron chi connectivity index (χ1n) is 5.92. The minimum atomic E-state index is -4.33. The summed E-state index contributed by atoms with van der Waals surface area (Å²) in [6.07, 6.45) is -3.87. The maximum atomic E-state index is 12.6. The van der Waals surface area contributed by atoms with Crippen LogP contribution in [0.25, 0.3) is 0 Å². The van der Waals surface area contributed by atoms with E-state index in [1.807, 2.05) is 30.3 Å². The molecule has 2 rings (SSSR count). The molecule has 0 bridgehead atoms. The molecule has 2 aromatic carbocycles. The Labute approximate surface area is 128 Å². The summed E-state index contributed by atoms with van der Waals surface area (Å²) in [5.74, 6) is 0. The van der Waals surface area contributed by atoms with Crippen LogP contribution in [0, 0.1) is 0 Å². The molecule has 1 atom stereocenters. The zero-order valence-electron chi connectivity index (χ0n) is 10.3. The molecule has 0 nitrogen and oxygen atoms in total. The van der Waals surface area contributed by atoms with E-state index >= 15 is 0 Å². The predicted octanol–water partition coefficient (Wildman–Crippen LogP) is 5.99. The Morgan fingerprint density at radius 1 is 1.05 bits per heavy atom. The molecule has 2 aromatic rings. The van der Waals surface area contributed by atoms with Gasteiger partial charge in [-0.15, -0.1) is 11.6 Å². The zero-order chi connectivity index (χ0) is 14.8. The molecular weight excluding hydrogens is 353 g/mol. The van der Waals surface area contributed by atoms with Crippen molar-refractivity contribution in [3.8, 4) is 0 Å². The number of hydrogen-bond acceptors (Lipinski definition) is 0. The van der Waals surface area contributed by atoms with Gasteiger partial charge in [-0.2, -0.15) is 13.2 Å². The second-order valence-electron chi connectivity index (χ2n) is 4.39. The lowest BCUT2D eigenvalue weighted by molar-refractivity contribution is -0.137. The van der Waals surface area contributed by atoms with E-state index in [2.05, 4.69) is 15.9 Å². The first kappa shape index (κ1) is 15.4. The fraction of sp³-hybridized carbons (Fsp3) is 0.200. The van der Waals surface area contributed by atoms with Crippen molar-refractivity contribution in [3.05, 3.63) is 69.7 Å². The lowest BCUT2D eigenvalue weighted by Crippen LogP contribution is -2.05. The Morgan fingerprint density at radius 2 is 1.70 bits per heavy atom. The quantitative estimate of drug-likeness (QED) is 0.588. The number of halogens is 5. The topological polar surface area (TPSA) is 0 Å². The van der Waals surface area contributed by atoms with Crippen molar-refractivity contribution in [1.82, 2.24) is 0 Å². The molecule has 106 valence electrons. The molecule has 0 spiro atoms. The van der Waals surface area contributed by atoms with Crippen molar-refractivity contribution in [2.45, 2.75) is 18.0 Å². The third-order valence-electron chi connectivity index (χ3n) is 2.94. The average molecular weight is 364 g/mol. The highest BCUT2D eigenvalue weighted by atomic mass is 79.9. The molecule has 0 N–H and O–H groups in total. The Hall–Kier alpha value is -1.00. The minimum Gasteiger partial charge on any atom is -0.166 e. The molecule has 0 aromatic heterocycles. The highest BCUT2D eigenvalue weighted by Gasteiger charge is 2.30. The summed E-state index contributed by atoms with van der Waals surface area (Å²) >= 11 is 9.48. The fourth-order valence-corrected chi connectivity index (χ4v) is 2.71. The molecule has 0 aliphatic carbocycles. The van der Waals surface area contributed by atoms with Crippen LogP contribution in [0.3, 0.4) is 0 Å². The monoisotopic (exact) mass is 362 g/mol. The molecule has 0 amide bonds. The first-order valence-corrected chi connectivity index (χ1v) is 7.15. The second-order valence-corrected chi connectivity index (χ2v) is 5.77. The van der Waals surface area contributed by atoms with Gasteiger partial charge in [-0.1, -0.05) is 52.3 Å². The van der Waals surface area contributed by atoms with Gasteiger partial charge in [0.25, 0.3) is 0 Å². The van der Waals surface area contributed by atoms with Crippen LogP contribution in [0.4, 0.5) is 13.2 Å². The van der Waals surface area contributed by atoms with Crippen molar-refractivity contribution < 1.29 is 13.2 Å². The van der Waals surface area contributed by atoms with Gasteiger partial charge in [-0.25, -0.2) is 0 Å². The number of hydrogen-bond donors (Lipinski definition) is 0. The van der Waals surface area contributed by atoms with E-state index in [4.69, 9.17) is 11.6 Å². The van der Waals surface area contributed by atoms with E-state index in [0.717, 1.165) is 23.3 Å². The van der Waals surface area contributed by atoms with E-state index in [9.17, 15) is 13.2 Å². The highest BCUT2D eigenvalue weighted by molar-refractivity contribution is 9.10. The Kier molecular flexibility index (Phi) is 4.76. The average Bonchev–Trinajstić information content (AvgIpc) is 2.41. The molecule has 0 heterocycles. The van der Waals surface area contributed by atoms with Gasteiger partial charge in [0.15, 0.2) is 0 Å². The summed E-state index contributed by atoms with van der Waals surface area (Å²) in [6, 6.07) is 13.1. The maximum Gasteiger partial charge on any atom is 0.416 e. The molecule has 0 aliphatic rings. The second kappa shape index (κ2) is 6.19. The standard InChI is InChI=1S/C15H11BrClF3/c16-13-9-12(15(18,19)20)7-6-11(13)8-14(17)10-4-2-1-3-5-10/h1-7,9,14H,8H2. The predicted molar refractivity (Wildman–Crippen MR) is 77.9 cm³/mol. The molecule has 0 aliphatic heterocycles. The fourth-order valence-electron chi connectivity index (χ4n) is 1.86. The van der Waals surface area contributed by atoms with Gasteiger partial charge in [-0.05, 0) is 29.7 Å². The largest absolute Gasteiger partial charge is 0.416 e. The summed E-state index contributed by atoms with van der Waals surface area (Å²) in [5, 5.41) is -0.274. The molecule has 0 saturated carbocycles. The molecule has 20 heavy (non-hydrogen) atoms. The van der Waals surface area contributed by atoms with Gasteiger partial charge >= 0.3 is 6.18 Å². The van der Waals surface area contributed by atoms with Gasteiger partial charge < -0.3 is 0 Å². The van der Waals surface area contributed by atoms with Crippen LogP contribution in [-0.4, -0.2) is 0 Å². The molecule has 5 heteroatoms. The van der Waals surface area contributed by atoms with Gasteiger partial charge in [0.2, 0.25) is 0 Å². The zero-order valence-corrected chi connectivity index (χ0v) is 12.6. The van der Waals surface area contributed by atoms with E-state index in [-0.39, 0.29) is 5.38 Å². The van der Waals surface area contributed by atoms with Crippen LogP contribution in [0.1, 0.15) is 22.1 Å². The third-order valence-corrected chi connectivity index (χ3v) is 4.09. The van der Waals surface area contributed by atoms with Crippen LogP contribution in [0.15, 0.2) is 53.0 Å². The van der Waals surface area contributed by atoms with Crippen molar-refractivity contribution in [2.24, 2.45) is 0 Å². The normalized spacial score (nSPS) is 13.2. The van der Waals surface area contributed by atoms with E-state index in [1.165, 1.54) is 6.07 Å².